The maximum Gasteiger partial charge on any atom is 0.193 e. The smallest absolute Gasteiger partial charge is 0.193 e. The van der Waals surface area contributed by atoms with Gasteiger partial charge >= 0.3 is 0 Å². The summed E-state index contributed by atoms with van der Waals surface area (Å²) < 4.78 is 5.43. The number of oxazole rings is 1. The summed E-state index contributed by atoms with van der Waals surface area (Å²) in [5, 5.41) is 3.86. The summed E-state index contributed by atoms with van der Waals surface area (Å²) in [7, 11) is 0. The zero-order valence-electron chi connectivity index (χ0n) is 11.8. The average molecular weight is 260 g/mol. The molecule has 0 atom stereocenters. The first-order valence-electron chi connectivity index (χ1n) is 7.93. The molecule has 3 nitrogen and oxygen atoms in total. The van der Waals surface area contributed by atoms with Crippen LogP contribution in [-0.4, -0.2) is 10.5 Å². The van der Waals surface area contributed by atoms with Crippen molar-refractivity contribution < 1.29 is 4.42 Å². The van der Waals surface area contributed by atoms with E-state index in [0.29, 0.717) is 5.54 Å². The van der Waals surface area contributed by atoms with Crippen LogP contribution in [0.1, 0.15) is 57.0 Å². The monoisotopic (exact) mass is 260 g/mol. The van der Waals surface area contributed by atoms with Crippen LogP contribution in [0.5, 0.6) is 0 Å². The van der Waals surface area contributed by atoms with Gasteiger partial charge < -0.3 is 9.73 Å². The van der Waals surface area contributed by atoms with E-state index in [1.165, 1.54) is 38.5 Å². The van der Waals surface area contributed by atoms with Gasteiger partial charge in [0.1, 0.15) is 6.26 Å². The number of aryl methyl sites for hydroxylation is 1. The van der Waals surface area contributed by atoms with E-state index in [2.05, 4.69) is 17.2 Å². The average Bonchev–Trinajstić information content (AvgIpc) is 2.83. The van der Waals surface area contributed by atoms with Gasteiger partial charge in [-0.15, -0.1) is 0 Å². The Balaban J connectivity index is 1.44. The van der Waals surface area contributed by atoms with Crippen molar-refractivity contribution in [3.05, 3.63) is 17.8 Å². The standard InChI is InChI=1S/C16H24N2O/c1-2-15-18-14(10-19-15)9-17-16-6-11-3-12(7-16)5-13(4-11)8-16/h10-13,17H,2-9H2,1H3. The number of rotatable bonds is 4. The molecule has 4 aliphatic carbocycles. The highest BCUT2D eigenvalue weighted by Gasteiger charge is 2.50. The van der Waals surface area contributed by atoms with Crippen molar-refractivity contribution in [2.45, 2.75) is 64.0 Å². The van der Waals surface area contributed by atoms with Crippen molar-refractivity contribution in [3.8, 4) is 0 Å². The quantitative estimate of drug-likeness (QED) is 0.902. The third-order valence-electron chi connectivity index (χ3n) is 5.58. The molecule has 0 aliphatic heterocycles. The Morgan fingerprint density at radius 3 is 2.37 bits per heavy atom. The molecule has 4 fully saturated rings. The number of hydrogen-bond donors (Lipinski definition) is 1. The summed E-state index contributed by atoms with van der Waals surface area (Å²) in [6, 6.07) is 0. The van der Waals surface area contributed by atoms with Gasteiger partial charge in [0.05, 0.1) is 5.69 Å². The minimum absolute atomic E-state index is 0.431. The summed E-state index contributed by atoms with van der Waals surface area (Å²) in [5.74, 6) is 3.87. The first-order valence-corrected chi connectivity index (χ1v) is 7.93. The first kappa shape index (κ1) is 12.0. The fraction of sp³-hybridized carbons (Fsp3) is 0.812. The van der Waals surface area contributed by atoms with E-state index >= 15 is 0 Å². The van der Waals surface area contributed by atoms with Crippen LogP contribution < -0.4 is 5.32 Å². The molecule has 4 bridgehead atoms. The van der Waals surface area contributed by atoms with E-state index in [1.54, 1.807) is 0 Å². The molecule has 4 saturated carbocycles. The van der Waals surface area contributed by atoms with Crippen molar-refractivity contribution in [2.24, 2.45) is 17.8 Å². The minimum atomic E-state index is 0.431. The lowest BCUT2D eigenvalue weighted by Crippen LogP contribution is -2.58. The Kier molecular flexibility index (Phi) is 2.73. The molecule has 3 heteroatoms. The zero-order chi connectivity index (χ0) is 12.9. The fourth-order valence-electron chi connectivity index (χ4n) is 5.20. The van der Waals surface area contributed by atoms with Gasteiger partial charge in [-0.3, -0.25) is 0 Å². The van der Waals surface area contributed by atoms with Crippen molar-refractivity contribution in [1.29, 1.82) is 0 Å². The highest BCUT2D eigenvalue weighted by Crippen LogP contribution is 2.55. The largest absolute Gasteiger partial charge is 0.449 e. The van der Waals surface area contributed by atoms with E-state index in [9.17, 15) is 0 Å². The molecule has 4 aliphatic rings. The molecule has 0 unspecified atom stereocenters. The van der Waals surface area contributed by atoms with Crippen LogP contribution >= 0.6 is 0 Å². The van der Waals surface area contributed by atoms with Crippen molar-refractivity contribution >= 4 is 0 Å². The predicted molar refractivity (Wildman–Crippen MR) is 73.6 cm³/mol. The molecule has 0 radical (unpaired) electrons. The van der Waals surface area contributed by atoms with Gasteiger partial charge in [-0.05, 0) is 56.3 Å². The Hall–Kier alpha value is -0.830. The van der Waals surface area contributed by atoms with Crippen LogP contribution in [0, 0.1) is 17.8 Å². The Labute approximate surface area is 115 Å². The second kappa shape index (κ2) is 4.34. The van der Waals surface area contributed by atoms with Gasteiger partial charge in [0.25, 0.3) is 0 Å². The van der Waals surface area contributed by atoms with E-state index in [-0.39, 0.29) is 0 Å². The summed E-state index contributed by atoms with van der Waals surface area (Å²) in [6.45, 7) is 2.97. The normalized spacial score (nSPS) is 39.9. The maximum absolute atomic E-state index is 5.43. The van der Waals surface area contributed by atoms with Crippen LogP contribution in [0.3, 0.4) is 0 Å². The first-order chi connectivity index (χ1) is 9.25. The summed E-state index contributed by atoms with van der Waals surface area (Å²) in [4.78, 5) is 4.52. The summed E-state index contributed by atoms with van der Waals surface area (Å²) in [5.41, 5.74) is 1.51. The molecule has 19 heavy (non-hydrogen) atoms. The van der Waals surface area contributed by atoms with Gasteiger partial charge in [-0.25, -0.2) is 4.98 Å². The molecular formula is C16H24N2O. The van der Waals surface area contributed by atoms with E-state index in [0.717, 1.165) is 42.3 Å². The number of nitrogens with one attached hydrogen (secondary N) is 1. The highest BCUT2D eigenvalue weighted by molar-refractivity contribution is 5.07. The van der Waals surface area contributed by atoms with Gasteiger partial charge in [-0.1, -0.05) is 6.92 Å². The van der Waals surface area contributed by atoms with Gasteiger partial charge in [-0.2, -0.15) is 0 Å². The molecule has 104 valence electrons. The molecule has 1 heterocycles. The number of aromatic nitrogens is 1. The fourth-order valence-corrected chi connectivity index (χ4v) is 5.20. The number of nitrogens with zero attached hydrogens (tertiary/aromatic N) is 1. The molecule has 1 N–H and O–H groups in total. The molecule has 0 amide bonds. The Morgan fingerprint density at radius 1 is 1.21 bits per heavy atom. The molecular weight excluding hydrogens is 236 g/mol. The lowest BCUT2D eigenvalue weighted by Gasteiger charge is -2.57. The topological polar surface area (TPSA) is 38.1 Å². The van der Waals surface area contributed by atoms with E-state index < -0.39 is 0 Å². The maximum atomic E-state index is 5.43. The lowest BCUT2D eigenvalue weighted by atomic mass is 9.53. The molecule has 5 rings (SSSR count). The zero-order valence-corrected chi connectivity index (χ0v) is 11.8. The third kappa shape index (κ3) is 2.12. The number of hydrogen-bond acceptors (Lipinski definition) is 3. The summed E-state index contributed by atoms with van der Waals surface area (Å²) in [6.07, 6.45) is 11.4. The molecule has 1 aromatic rings. The van der Waals surface area contributed by atoms with Crippen LogP contribution in [0.15, 0.2) is 10.7 Å². The third-order valence-corrected chi connectivity index (χ3v) is 5.58. The second-order valence-corrected chi connectivity index (χ2v) is 7.14. The van der Waals surface area contributed by atoms with Crippen molar-refractivity contribution in [3.63, 3.8) is 0 Å². The molecule has 1 aromatic heterocycles. The van der Waals surface area contributed by atoms with Crippen LogP contribution in [0.4, 0.5) is 0 Å². The molecule has 0 aromatic carbocycles. The second-order valence-electron chi connectivity index (χ2n) is 7.14. The highest BCUT2D eigenvalue weighted by atomic mass is 16.3. The van der Waals surface area contributed by atoms with Crippen molar-refractivity contribution in [2.75, 3.05) is 0 Å². The van der Waals surface area contributed by atoms with Gasteiger partial charge in [0.2, 0.25) is 0 Å². The molecule has 0 saturated heterocycles. The van der Waals surface area contributed by atoms with Crippen LogP contribution in [-0.2, 0) is 13.0 Å². The van der Waals surface area contributed by atoms with E-state index in [4.69, 9.17) is 4.42 Å². The van der Waals surface area contributed by atoms with E-state index in [1.807, 2.05) is 6.26 Å². The van der Waals surface area contributed by atoms with Crippen LogP contribution in [0.25, 0.3) is 0 Å². The van der Waals surface area contributed by atoms with Crippen molar-refractivity contribution in [1.82, 2.24) is 10.3 Å². The van der Waals surface area contributed by atoms with Gasteiger partial charge in [0.15, 0.2) is 5.89 Å². The Morgan fingerprint density at radius 2 is 1.84 bits per heavy atom. The summed E-state index contributed by atoms with van der Waals surface area (Å²) >= 11 is 0. The molecule has 0 spiro atoms. The SMILES string of the molecule is CCc1nc(CNC23CC4CC(CC(C4)C2)C3)co1. The minimum Gasteiger partial charge on any atom is -0.449 e. The Bertz CT molecular complexity index is 430. The predicted octanol–water partition coefficient (Wildman–Crippen LogP) is 3.30. The van der Waals surface area contributed by atoms with Gasteiger partial charge in [0, 0.05) is 18.5 Å². The lowest BCUT2D eigenvalue weighted by molar-refractivity contribution is -0.0207. The van der Waals surface area contributed by atoms with Crippen LogP contribution in [0.2, 0.25) is 0 Å².